The van der Waals surface area contributed by atoms with Gasteiger partial charge in [-0.2, -0.15) is 0 Å². The molecule has 0 aliphatic carbocycles. The van der Waals surface area contributed by atoms with Crippen molar-refractivity contribution in [3.05, 3.63) is 94.5 Å². The topological polar surface area (TPSA) is 102 Å². The highest BCUT2D eigenvalue weighted by Crippen LogP contribution is 2.27. The van der Waals surface area contributed by atoms with Crippen LogP contribution in [0.5, 0.6) is 0 Å². The van der Waals surface area contributed by atoms with Crippen molar-refractivity contribution in [3.8, 4) is 11.1 Å². The summed E-state index contributed by atoms with van der Waals surface area (Å²) in [6.45, 7) is 4.98. The van der Waals surface area contributed by atoms with Gasteiger partial charge in [0.15, 0.2) is 0 Å². The summed E-state index contributed by atoms with van der Waals surface area (Å²) in [5.74, 6) is -1.13. The van der Waals surface area contributed by atoms with Crippen LogP contribution in [0, 0.1) is 19.3 Å². The van der Waals surface area contributed by atoms with Gasteiger partial charge in [-0.15, -0.1) is 0 Å². The van der Waals surface area contributed by atoms with Gasteiger partial charge in [-0.1, -0.05) is 54.6 Å². The van der Waals surface area contributed by atoms with Crippen molar-refractivity contribution >= 4 is 17.7 Å². The Bertz CT molecular complexity index is 1140. The van der Waals surface area contributed by atoms with Crippen LogP contribution in [0.2, 0.25) is 0 Å². The molecule has 0 atom stereocenters. The number of carbonyl (C=O) groups excluding carboxylic acids is 1. The van der Waals surface area contributed by atoms with E-state index in [2.05, 4.69) is 29.7 Å². The lowest BCUT2D eigenvalue weighted by Gasteiger charge is -2.12. The third kappa shape index (κ3) is 5.89. The lowest BCUT2D eigenvalue weighted by molar-refractivity contribution is -0.136. The summed E-state index contributed by atoms with van der Waals surface area (Å²) in [5, 5.41) is 22.6. The van der Waals surface area contributed by atoms with E-state index in [1.54, 1.807) is 18.2 Å². The van der Waals surface area contributed by atoms with Crippen LogP contribution in [0.15, 0.2) is 66.7 Å². The van der Waals surface area contributed by atoms with Crippen molar-refractivity contribution in [2.24, 2.45) is 0 Å². The molecule has 0 unspecified atom stereocenters. The summed E-state index contributed by atoms with van der Waals surface area (Å²) in [6.07, 6.45) is 0.0696. The van der Waals surface area contributed by atoms with Crippen molar-refractivity contribution in [3.63, 3.8) is 0 Å². The number of aliphatic carboxylic acids is 1. The van der Waals surface area contributed by atoms with E-state index in [-0.39, 0.29) is 18.2 Å². The number of aryl methyl sites for hydroxylation is 2. The van der Waals surface area contributed by atoms with Crippen LogP contribution >= 0.6 is 0 Å². The summed E-state index contributed by atoms with van der Waals surface area (Å²) in [6, 6.07) is 20.9. The fourth-order valence-electron chi connectivity index (χ4n) is 3.46. The molecule has 0 saturated carbocycles. The molecule has 0 fully saturated rings. The van der Waals surface area contributed by atoms with E-state index >= 15 is 0 Å². The van der Waals surface area contributed by atoms with Gasteiger partial charge in [0.1, 0.15) is 5.84 Å². The maximum Gasteiger partial charge on any atom is 0.304 e. The highest BCUT2D eigenvalue weighted by atomic mass is 16.4. The van der Waals surface area contributed by atoms with Gasteiger partial charge in [0.05, 0.1) is 6.42 Å². The van der Waals surface area contributed by atoms with Crippen molar-refractivity contribution in [1.29, 1.82) is 5.41 Å². The van der Waals surface area contributed by atoms with E-state index in [4.69, 9.17) is 10.5 Å². The number of carboxylic acids is 1. The Hall–Kier alpha value is -3.77. The van der Waals surface area contributed by atoms with E-state index < -0.39 is 5.97 Å². The number of amides is 1. The fourth-order valence-corrected chi connectivity index (χ4v) is 3.46. The summed E-state index contributed by atoms with van der Waals surface area (Å²) >= 11 is 0. The van der Waals surface area contributed by atoms with E-state index in [0.29, 0.717) is 24.2 Å². The lowest BCUT2D eigenvalue weighted by atomic mass is 9.95. The Labute approximate surface area is 187 Å². The zero-order valence-electron chi connectivity index (χ0n) is 18.2. The van der Waals surface area contributed by atoms with Gasteiger partial charge in [-0.25, -0.2) is 0 Å². The molecule has 0 bridgehead atoms. The number of hydrogen-bond donors (Lipinski definition) is 4. The molecule has 0 radical (unpaired) electrons. The number of hydrogen-bond acceptors (Lipinski definition) is 4. The quantitative estimate of drug-likeness (QED) is 0.244. The average Bonchev–Trinajstić information content (AvgIpc) is 2.77. The molecule has 0 aromatic heterocycles. The molecule has 6 nitrogen and oxygen atoms in total. The van der Waals surface area contributed by atoms with Gasteiger partial charge in [0, 0.05) is 24.2 Å². The number of nitrogens with one attached hydrogen (secondary N) is 3. The zero-order valence-corrected chi connectivity index (χ0v) is 18.2. The highest BCUT2D eigenvalue weighted by Gasteiger charge is 2.12. The van der Waals surface area contributed by atoms with Crippen LogP contribution < -0.4 is 10.6 Å². The summed E-state index contributed by atoms with van der Waals surface area (Å²) in [7, 11) is 0. The number of rotatable bonds is 8. The van der Waals surface area contributed by atoms with E-state index in [1.807, 2.05) is 43.3 Å². The van der Waals surface area contributed by atoms with E-state index in [0.717, 1.165) is 22.3 Å². The molecule has 0 spiro atoms. The molecule has 164 valence electrons. The SMILES string of the molecule is Cc1ccccc1-c1ccc(C(=O)NC(=N)c2ccc(CNCCC(=O)O)cc2)cc1C. The van der Waals surface area contributed by atoms with Crippen LogP contribution in [0.3, 0.4) is 0 Å². The minimum absolute atomic E-state index is 0.0287. The summed E-state index contributed by atoms with van der Waals surface area (Å²) in [4.78, 5) is 23.2. The van der Waals surface area contributed by atoms with Crippen LogP contribution in [0.4, 0.5) is 0 Å². The summed E-state index contributed by atoms with van der Waals surface area (Å²) < 4.78 is 0. The Kier molecular flexibility index (Phi) is 7.52. The zero-order chi connectivity index (χ0) is 23.1. The van der Waals surface area contributed by atoms with Gasteiger partial charge >= 0.3 is 5.97 Å². The lowest BCUT2D eigenvalue weighted by Crippen LogP contribution is -2.30. The second kappa shape index (κ2) is 10.5. The van der Waals surface area contributed by atoms with Crippen molar-refractivity contribution in [1.82, 2.24) is 10.6 Å². The predicted molar refractivity (Wildman–Crippen MR) is 126 cm³/mol. The molecule has 0 aliphatic rings. The molecule has 0 saturated heterocycles. The first-order valence-corrected chi connectivity index (χ1v) is 10.4. The number of carboxylic acid groups (broad SMARTS) is 1. The molecule has 32 heavy (non-hydrogen) atoms. The molecule has 0 heterocycles. The van der Waals surface area contributed by atoms with Crippen LogP contribution in [0.25, 0.3) is 11.1 Å². The van der Waals surface area contributed by atoms with Gasteiger partial charge in [-0.3, -0.25) is 15.0 Å². The standard InChI is InChI=1S/C26H27N3O3/c1-17-5-3-4-6-22(17)23-12-11-21(15-18(23)2)26(32)29-25(27)20-9-7-19(8-10-20)16-28-14-13-24(30)31/h3-12,15,28H,13-14,16H2,1-2H3,(H,30,31)(H2,27,29,32). The maximum absolute atomic E-state index is 12.7. The molecular weight excluding hydrogens is 402 g/mol. The van der Waals surface area contributed by atoms with Crippen molar-refractivity contribution in [2.45, 2.75) is 26.8 Å². The largest absolute Gasteiger partial charge is 0.481 e. The Morgan fingerprint density at radius 2 is 1.53 bits per heavy atom. The van der Waals surface area contributed by atoms with E-state index in [9.17, 15) is 9.59 Å². The summed E-state index contributed by atoms with van der Waals surface area (Å²) in [5.41, 5.74) is 6.48. The second-order valence-corrected chi connectivity index (χ2v) is 7.69. The fraction of sp³-hybridized carbons (Fsp3) is 0.192. The molecule has 6 heteroatoms. The van der Waals surface area contributed by atoms with Gasteiger partial charge in [0.25, 0.3) is 5.91 Å². The Balaban J connectivity index is 1.62. The van der Waals surface area contributed by atoms with Gasteiger partial charge in [-0.05, 0) is 53.8 Å². The highest BCUT2D eigenvalue weighted by molar-refractivity contribution is 6.11. The van der Waals surface area contributed by atoms with Crippen LogP contribution in [-0.2, 0) is 11.3 Å². The van der Waals surface area contributed by atoms with Crippen molar-refractivity contribution < 1.29 is 14.7 Å². The average molecular weight is 430 g/mol. The van der Waals surface area contributed by atoms with Gasteiger partial charge in [0.2, 0.25) is 0 Å². The molecule has 4 N–H and O–H groups in total. The smallest absolute Gasteiger partial charge is 0.304 e. The minimum atomic E-state index is -0.836. The second-order valence-electron chi connectivity index (χ2n) is 7.69. The first-order valence-electron chi connectivity index (χ1n) is 10.4. The van der Waals surface area contributed by atoms with Crippen LogP contribution in [0.1, 0.15) is 39.0 Å². The van der Waals surface area contributed by atoms with Crippen LogP contribution in [-0.4, -0.2) is 29.4 Å². The third-order valence-electron chi connectivity index (χ3n) is 5.25. The number of amidine groups is 1. The minimum Gasteiger partial charge on any atom is -0.481 e. The molecule has 3 aromatic rings. The predicted octanol–water partition coefficient (Wildman–Crippen LogP) is 4.29. The molecule has 1 amide bonds. The normalized spacial score (nSPS) is 10.6. The van der Waals surface area contributed by atoms with Gasteiger partial charge < -0.3 is 15.7 Å². The van der Waals surface area contributed by atoms with Crippen molar-refractivity contribution in [2.75, 3.05) is 6.54 Å². The monoisotopic (exact) mass is 429 g/mol. The number of carbonyl (C=O) groups is 2. The maximum atomic E-state index is 12.7. The van der Waals surface area contributed by atoms with E-state index in [1.165, 1.54) is 5.56 Å². The Morgan fingerprint density at radius 3 is 2.19 bits per heavy atom. The molecule has 3 rings (SSSR count). The molecular formula is C26H27N3O3. The Morgan fingerprint density at radius 1 is 0.875 bits per heavy atom. The third-order valence-corrected chi connectivity index (χ3v) is 5.25. The first kappa shape index (κ1) is 22.9. The number of benzene rings is 3. The molecule has 3 aromatic carbocycles. The molecule has 0 aliphatic heterocycles. The first-order chi connectivity index (χ1) is 15.3.